The highest BCUT2D eigenvalue weighted by Gasteiger charge is 2.28. The van der Waals surface area contributed by atoms with Crippen molar-refractivity contribution < 1.29 is 14.3 Å². The number of Topliss-reactive ketones (excluding diaryl/α,β-unsaturated/α-hetero) is 1. The lowest BCUT2D eigenvalue weighted by Crippen LogP contribution is -2.19. The molecule has 5 nitrogen and oxygen atoms in total. The van der Waals surface area contributed by atoms with Crippen molar-refractivity contribution in [1.82, 2.24) is 0 Å². The summed E-state index contributed by atoms with van der Waals surface area (Å²) in [5.74, 6) is 2.09. The number of unbranched alkanes of at least 4 members (excludes halogenated alkanes) is 15. The zero-order chi connectivity index (χ0) is 32.9. The van der Waals surface area contributed by atoms with Crippen molar-refractivity contribution >= 4 is 17.6 Å². The monoisotopic (exact) mass is 642 g/mol. The van der Waals surface area contributed by atoms with Crippen molar-refractivity contribution in [1.29, 1.82) is 0 Å². The number of nitrogens with zero attached hydrogens (tertiary/aromatic N) is 2. The van der Waals surface area contributed by atoms with Gasteiger partial charge in [-0.05, 0) is 76.6 Å². The number of ether oxygens (including phenoxy) is 2. The van der Waals surface area contributed by atoms with Gasteiger partial charge in [0.15, 0.2) is 0 Å². The van der Waals surface area contributed by atoms with E-state index in [1.807, 2.05) is 36.4 Å². The van der Waals surface area contributed by atoms with Crippen LogP contribution in [0.4, 0.5) is 0 Å². The molecule has 2 aliphatic rings. The smallest absolute Gasteiger partial charge is 0.216 e. The first kappa shape index (κ1) is 36.9. The Labute approximate surface area is 286 Å². The van der Waals surface area contributed by atoms with Crippen LogP contribution in [0.5, 0.6) is 0 Å². The Bertz CT molecular complexity index is 1190. The van der Waals surface area contributed by atoms with Gasteiger partial charge in [0, 0.05) is 24.0 Å². The van der Waals surface area contributed by atoms with E-state index >= 15 is 0 Å². The summed E-state index contributed by atoms with van der Waals surface area (Å²) in [6.45, 7) is 4.33. The van der Waals surface area contributed by atoms with Crippen LogP contribution < -0.4 is 0 Å². The molecule has 258 valence electrons. The van der Waals surface area contributed by atoms with E-state index in [0.717, 1.165) is 61.4 Å². The summed E-state index contributed by atoms with van der Waals surface area (Å²) in [6.07, 6.45) is 25.5. The molecule has 2 aliphatic heterocycles. The van der Waals surface area contributed by atoms with Gasteiger partial charge in [0.1, 0.15) is 18.0 Å². The Kier molecular flexibility index (Phi) is 17.1. The molecule has 2 aromatic rings. The van der Waals surface area contributed by atoms with Crippen LogP contribution in [0.2, 0.25) is 0 Å². The highest BCUT2D eigenvalue weighted by molar-refractivity contribution is 5.95. The second-order valence-electron chi connectivity index (χ2n) is 14.0. The standard InChI is InChI=1S/C42H62N2O3/c1-34-39(46-41(43-34)36-26-18-16-19-27-36)32-24-14-10-8-6-4-3-5-7-9-12-22-30-38(45)31-23-13-11-15-25-33-40-35(2)44-42(47-40)37-28-20-17-21-29-37/h16-21,26-29,34-35,39-40H,3-15,22-25,30-33H2,1-2H3/t34-,35-,39?,40?/m0/s1. The zero-order valence-corrected chi connectivity index (χ0v) is 29.6. The van der Waals surface area contributed by atoms with Gasteiger partial charge in [-0.1, -0.05) is 120 Å². The van der Waals surface area contributed by atoms with Gasteiger partial charge in [-0.3, -0.25) is 4.79 Å². The fourth-order valence-corrected chi connectivity index (χ4v) is 6.89. The van der Waals surface area contributed by atoms with E-state index in [1.54, 1.807) is 0 Å². The van der Waals surface area contributed by atoms with Gasteiger partial charge in [0.05, 0.1) is 12.1 Å². The van der Waals surface area contributed by atoms with Gasteiger partial charge in [-0.15, -0.1) is 0 Å². The minimum absolute atomic E-state index is 0.200. The summed E-state index contributed by atoms with van der Waals surface area (Å²) in [7, 11) is 0. The van der Waals surface area contributed by atoms with E-state index in [-0.39, 0.29) is 24.3 Å². The lowest BCUT2D eigenvalue weighted by atomic mass is 10.0. The van der Waals surface area contributed by atoms with Crippen LogP contribution in [0.15, 0.2) is 70.6 Å². The van der Waals surface area contributed by atoms with Crippen molar-refractivity contribution in [3.05, 3.63) is 71.8 Å². The van der Waals surface area contributed by atoms with Gasteiger partial charge < -0.3 is 9.47 Å². The van der Waals surface area contributed by atoms with Gasteiger partial charge in [-0.25, -0.2) is 9.98 Å². The van der Waals surface area contributed by atoms with Crippen LogP contribution in [-0.4, -0.2) is 41.9 Å². The molecule has 0 N–H and O–H groups in total. The van der Waals surface area contributed by atoms with Crippen LogP contribution in [0, 0.1) is 0 Å². The largest absolute Gasteiger partial charge is 0.472 e. The molecule has 0 radical (unpaired) electrons. The Morgan fingerprint density at radius 3 is 1.17 bits per heavy atom. The molecule has 47 heavy (non-hydrogen) atoms. The Hall–Kier alpha value is -2.95. The molecule has 0 aromatic heterocycles. The number of carbonyl (C=O) groups is 1. The molecule has 0 spiro atoms. The molecule has 0 fully saturated rings. The van der Waals surface area contributed by atoms with E-state index in [4.69, 9.17) is 19.5 Å². The van der Waals surface area contributed by atoms with Crippen LogP contribution >= 0.6 is 0 Å². The van der Waals surface area contributed by atoms with Gasteiger partial charge in [0.2, 0.25) is 11.8 Å². The van der Waals surface area contributed by atoms with E-state index in [9.17, 15) is 4.79 Å². The third kappa shape index (κ3) is 14.0. The predicted molar refractivity (Wildman–Crippen MR) is 197 cm³/mol. The lowest BCUT2D eigenvalue weighted by Gasteiger charge is -2.14. The number of benzene rings is 2. The maximum absolute atomic E-state index is 12.3. The summed E-state index contributed by atoms with van der Waals surface area (Å²) in [6, 6.07) is 21.0. The minimum Gasteiger partial charge on any atom is -0.472 e. The molecule has 0 amide bonds. The van der Waals surface area contributed by atoms with Crippen LogP contribution in [0.25, 0.3) is 0 Å². The maximum Gasteiger partial charge on any atom is 0.216 e. The fourth-order valence-electron chi connectivity index (χ4n) is 6.89. The highest BCUT2D eigenvalue weighted by atomic mass is 16.5. The molecular formula is C42H62N2O3. The Morgan fingerprint density at radius 2 is 0.809 bits per heavy atom. The summed E-state index contributed by atoms with van der Waals surface area (Å²) in [5.41, 5.74) is 2.17. The quantitative estimate of drug-likeness (QED) is 0.101. The average molecular weight is 643 g/mol. The highest BCUT2D eigenvalue weighted by Crippen LogP contribution is 2.24. The Morgan fingerprint density at radius 1 is 0.489 bits per heavy atom. The van der Waals surface area contributed by atoms with Crippen LogP contribution in [0.1, 0.15) is 160 Å². The number of carbonyl (C=O) groups excluding carboxylic acids is 1. The summed E-state index contributed by atoms with van der Waals surface area (Å²) in [5, 5.41) is 0. The molecule has 0 saturated carbocycles. The molecular weight excluding hydrogens is 580 g/mol. The third-order valence-electron chi connectivity index (χ3n) is 9.92. The van der Waals surface area contributed by atoms with Crippen LogP contribution in [-0.2, 0) is 14.3 Å². The van der Waals surface area contributed by atoms with E-state index < -0.39 is 0 Å². The van der Waals surface area contributed by atoms with Crippen molar-refractivity contribution in [3.63, 3.8) is 0 Å². The van der Waals surface area contributed by atoms with Crippen molar-refractivity contribution in [2.24, 2.45) is 9.98 Å². The summed E-state index contributed by atoms with van der Waals surface area (Å²) >= 11 is 0. The number of ketones is 1. The first-order chi connectivity index (χ1) is 23.1. The van der Waals surface area contributed by atoms with Gasteiger partial charge >= 0.3 is 0 Å². The second-order valence-corrected chi connectivity index (χ2v) is 14.0. The first-order valence-corrected chi connectivity index (χ1v) is 19.2. The SMILES string of the molecule is C[C@@H]1N=C(c2ccccc2)OC1CCCCCCCCCCCCCCC(=O)CCCCCCCC1OC(c2ccccc2)=N[C@H]1C. The van der Waals surface area contributed by atoms with E-state index in [0.29, 0.717) is 5.78 Å². The number of aliphatic imine (C=N–C) groups is 2. The molecule has 2 heterocycles. The summed E-state index contributed by atoms with van der Waals surface area (Å²) < 4.78 is 12.3. The minimum atomic E-state index is 0.200. The molecule has 4 rings (SSSR count). The average Bonchev–Trinajstić information content (AvgIpc) is 3.66. The summed E-state index contributed by atoms with van der Waals surface area (Å²) in [4.78, 5) is 21.8. The topological polar surface area (TPSA) is 60.2 Å². The van der Waals surface area contributed by atoms with Crippen molar-refractivity contribution in [3.8, 4) is 0 Å². The molecule has 0 bridgehead atoms. The lowest BCUT2D eigenvalue weighted by molar-refractivity contribution is -0.119. The normalized spacial score (nSPS) is 20.5. The zero-order valence-electron chi connectivity index (χ0n) is 29.6. The number of rotatable bonds is 25. The second kappa shape index (κ2) is 21.8. The maximum atomic E-state index is 12.3. The number of hydrogen-bond acceptors (Lipinski definition) is 5. The predicted octanol–water partition coefficient (Wildman–Crippen LogP) is 11.2. The first-order valence-electron chi connectivity index (χ1n) is 19.2. The Balaban J connectivity index is 0.852. The third-order valence-corrected chi connectivity index (χ3v) is 9.92. The molecule has 5 heteroatoms. The number of hydrogen-bond donors (Lipinski definition) is 0. The molecule has 0 saturated heterocycles. The molecule has 2 unspecified atom stereocenters. The fraction of sp³-hybridized carbons (Fsp3) is 0.643. The van der Waals surface area contributed by atoms with Gasteiger partial charge in [-0.2, -0.15) is 0 Å². The molecule has 2 aromatic carbocycles. The van der Waals surface area contributed by atoms with Crippen molar-refractivity contribution in [2.75, 3.05) is 0 Å². The van der Waals surface area contributed by atoms with Gasteiger partial charge in [0.25, 0.3) is 0 Å². The van der Waals surface area contributed by atoms with E-state index in [1.165, 1.54) is 96.3 Å². The van der Waals surface area contributed by atoms with Crippen molar-refractivity contribution in [2.45, 2.75) is 173 Å². The van der Waals surface area contributed by atoms with Crippen LogP contribution in [0.3, 0.4) is 0 Å². The molecule has 4 atom stereocenters. The molecule has 0 aliphatic carbocycles. The van der Waals surface area contributed by atoms with E-state index in [2.05, 4.69) is 38.1 Å².